The highest BCUT2D eigenvalue weighted by Gasteiger charge is 2.10. The molecule has 2 aromatic carbocycles. The molecule has 1 aromatic heterocycles. The maximum absolute atomic E-state index is 13.1. The predicted molar refractivity (Wildman–Crippen MR) is 96.1 cm³/mol. The second-order valence-corrected chi connectivity index (χ2v) is 5.80. The van der Waals surface area contributed by atoms with E-state index < -0.39 is 11.7 Å². The van der Waals surface area contributed by atoms with Crippen LogP contribution in [0.5, 0.6) is 0 Å². The van der Waals surface area contributed by atoms with E-state index in [2.05, 4.69) is 20.6 Å². The fourth-order valence-electron chi connectivity index (χ4n) is 2.01. The van der Waals surface area contributed by atoms with Gasteiger partial charge in [-0.15, -0.1) is 0 Å². The van der Waals surface area contributed by atoms with E-state index in [1.165, 1.54) is 30.6 Å². The second kappa shape index (κ2) is 7.46. The largest absolute Gasteiger partial charge is 0.322 e. The van der Waals surface area contributed by atoms with Crippen LogP contribution in [0.15, 0.2) is 54.9 Å². The van der Waals surface area contributed by atoms with E-state index in [1.807, 2.05) is 0 Å². The number of anilines is 3. The smallest absolute Gasteiger partial charge is 0.258 e. The molecular weight excluding hydrogens is 366 g/mol. The highest BCUT2D eigenvalue weighted by molar-refractivity contribution is 6.39. The molecule has 1 amide bonds. The van der Waals surface area contributed by atoms with Gasteiger partial charge in [0.25, 0.3) is 5.91 Å². The Labute approximate surface area is 152 Å². The molecule has 0 atom stereocenters. The minimum atomic E-state index is -0.451. The lowest BCUT2D eigenvalue weighted by Crippen LogP contribution is -2.13. The van der Waals surface area contributed by atoms with Crippen molar-refractivity contribution in [1.29, 1.82) is 0 Å². The molecule has 0 aliphatic rings. The minimum Gasteiger partial charge on any atom is -0.322 e. The maximum atomic E-state index is 13.1. The number of carbonyl (C=O) groups is 1. The van der Waals surface area contributed by atoms with Crippen LogP contribution in [0, 0.1) is 5.82 Å². The summed E-state index contributed by atoms with van der Waals surface area (Å²) < 4.78 is 13.1. The molecule has 0 aliphatic heterocycles. The van der Waals surface area contributed by atoms with E-state index in [4.69, 9.17) is 23.2 Å². The van der Waals surface area contributed by atoms with Crippen LogP contribution in [-0.2, 0) is 0 Å². The Morgan fingerprint density at radius 2 is 1.64 bits per heavy atom. The number of hydrogen-bond acceptors (Lipinski definition) is 4. The summed E-state index contributed by atoms with van der Waals surface area (Å²) in [6, 6.07) is 10.7. The van der Waals surface area contributed by atoms with Crippen LogP contribution in [0.4, 0.5) is 21.7 Å². The molecule has 0 saturated heterocycles. The molecule has 8 heteroatoms. The predicted octanol–water partition coefficient (Wildman–Crippen LogP) is 4.92. The highest BCUT2D eigenvalue weighted by atomic mass is 35.5. The lowest BCUT2D eigenvalue weighted by atomic mass is 10.2. The van der Waals surface area contributed by atoms with Crippen LogP contribution in [0.3, 0.4) is 0 Å². The van der Waals surface area contributed by atoms with Gasteiger partial charge in [0.1, 0.15) is 5.82 Å². The van der Waals surface area contributed by atoms with Gasteiger partial charge in [-0.2, -0.15) is 0 Å². The van der Waals surface area contributed by atoms with Crippen molar-refractivity contribution in [1.82, 2.24) is 9.97 Å². The molecule has 25 heavy (non-hydrogen) atoms. The molecule has 2 N–H and O–H groups in total. The number of amides is 1. The number of halogens is 3. The molecule has 5 nitrogen and oxygen atoms in total. The van der Waals surface area contributed by atoms with Gasteiger partial charge in [-0.25, -0.2) is 14.4 Å². The van der Waals surface area contributed by atoms with Crippen molar-refractivity contribution >= 4 is 46.4 Å². The van der Waals surface area contributed by atoms with Crippen molar-refractivity contribution in [3.63, 3.8) is 0 Å². The van der Waals surface area contributed by atoms with Gasteiger partial charge in [0.15, 0.2) is 0 Å². The van der Waals surface area contributed by atoms with Gasteiger partial charge in [0.2, 0.25) is 5.95 Å². The van der Waals surface area contributed by atoms with E-state index in [9.17, 15) is 9.18 Å². The Bertz CT molecular complexity index is 899. The number of hydrogen-bond donors (Lipinski definition) is 2. The molecule has 0 radical (unpaired) electrons. The summed E-state index contributed by atoms with van der Waals surface area (Å²) in [5, 5.41) is 6.30. The number of para-hydroxylation sites is 1. The zero-order valence-corrected chi connectivity index (χ0v) is 14.1. The molecule has 0 saturated carbocycles. The maximum Gasteiger partial charge on any atom is 0.258 e. The molecule has 3 aromatic rings. The van der Waals surface area contributed by atoms with Gasteiger partial charge >= 0.3 is 0 Å². The first-order valence-corrected chi connectivity index (χ1v) is 7.88. The van der Waals surface area contributed by atoms with Crippen molar-refractivity contribution in [2.75, 3.05) is 10.6 Å². The average Bonchev–Trinajstić information content (AvgIpc) is 2.59. The molecule has 3 rings (SSSR count). The van der Waals surface area contributed by atoms with Crippen molar-refractivity contribution in [3.8, 4) is 0 Å². The lowest BCUT2D eigenvalue weighted by Gasteiger charge is -2.09. The van der Waals surface area contributed by atoms with Gasteiger partial charge in [-0.3, -0.25) is 4.79 Å². The first kappa shape index (κ1) is 17.1. The topological polar surface area (TPSA) is 66.9 Å². The first-order valence-electron chi connectivity index (χ1n) is 7.13. The summed E-state index contributed by atoms with van der Waals surface area (Å²) in [6.07, 6.45) is 2.68. The van der Waals surface area contributed by atoms with Gasteiger partial charge in [0, 0.05) is 18.1 Å². The van der Waals surface area contributed by atoms with Gasteiger partial charge < -0.3 is 10.6 Å². The summed E-state index contributed by atoms with van der Waals surface area (Å²) in [6.45, 7) is 0. The SMILES string of the molecule is O=C(Nc1cccc(F)c1)c1cnc(Nc2c(Cl)cccc2Cl)nc1. The zero-order valence-electron chi connectivity index (χ0n) is 12.6. The Kier molecular flexibility index (Phi) is 5.11. The Morgan fingerprint density at radius 1 is 1.00 bits per heavy atom. The number of aromatic nitrogens is 2. The van der Waals surface area contributed by atoms with Crippen molar-refractivity contribution < 1.29 is 9.18 Å². The zero-order chi connectivity index (χ0) is 17.8. The van der Waals surface area contributed by atoms with Crippen molar-refractivity contribution in [3.05, 3.63) is 76.3 Å². The monoisotopic (exact) mass is 376 g/mol. The number of nitrogens with one attached hydrogen (secondary N) is 2. The first-order chi connectivity index (χ1) is 12.0. The van der Waals surface area contributed by atoms with Gasteiger partial charge in [0.05, 0.1) is 21.3 Å². The van der Waals surface area contributed by atoms with Gasteiger partial charge in [-0.05, 0) is 30.3 Å². The lowest BCUT2D eigenvalue weighted by molar-refractivity contribution is 0.102. The van der Waals surface area contributed by atoms with Crippen LogP contribution in [0.25, 0.3) is 0 Å². The second-order valence-electron chi connectivity index (χ2n) is 4.98. The third-order valence-electron chi connectivity index (χ3n) is 3.20. The fourth-order valence-corrected chi connectivity index (χ4v) is 2.50. The third kappa shape index (κ3) is 4.23. The van der Waals surface area contributed by atoms with Crippen LogP contribution in [0.2, 0.25) is 10.0 Å². The van der Waals surface area contributed by atoms with Crippen molar-refractivity contribution in [2.45, 2.75) is 0 Å². The Morgan fingerprint density at radius 3 is 2.28 bits per heavy atom. The van der Waals surface area contributed by atoms with E-state index in [1.54, 1.807) is 24.3 Å². The summed E-state index contributed by atoms with van der Waals surface area (Å²) in [5.74, 6) is -0.657. The fraction of sp³-hybridized carbons (Fsp3) is 0. The molecule has 126 valence electrons. The van der Waals surface area contributed by atoms with Crippen LogP contribution < -0.4 is 10.6 Å². The average molecular weight is 377 g/mol. The molecule has 0 spiro atoms. The highest BCUT2D eigenvalue weighted by Crippen LogP contribution is 2.31. The van der Waals surface area contributed by atoms with Crippen LogP contribution in [-0.4, -0.2) is 15.9 Å². The molecule has 0 bridgehead atoms. The van der Waals surface area contributed by atoms with E-state index in [0.29, 0.717) is 21.4 Å². The molecule has 1 heterocycles. The number of benzene rings is 2. The minimum absolute atomic E-state index is 0.222. The third-order valence-corrected chi connectivity index (χ3v) is 3.83. The molecule has 0 unspecified atom stereocenters. The molecule has 0 fully saturated rings. The molecule has 0 aliphatic carbocycles. The van der Waals surface area contributed by atoms with Crippen LogP contribution >= 0.6 is 23.2 Å². The van der Waals surface area contributed by atoms with Crippen LogP contribution in [0.1, 0.15) is 10.4 Å². The number of rotatable bonds is 4. The summed E-state index contributed by atoms with van der Waals surface area (Å²) >= 11 is 12.1. The number of nitrogens with zero attached hydrogens (tertiary/aromatic N) is 2. The summed E-state index contributed by atoms with van der Waals surface area (Å²) in [4.78, 5) is 20.3. The quantitative estimate of drug-likeness (QED) is 0.678. The molecular formula is C17H11Cl2FN4O. The van der Waals surface area contributed by atoms with Gasteiger partial charge in [-0.1, -0.05) is 35.3 Å². The Hall–Kier alpha value is -2.70. The van der Waals surface area contributed by atoms with E-state index in [0.717, 1.165) is 0 Å². The normalized spacial score (nSPS) is 10.4. The van der Waals surface area contributed by atoms with Crippen molar-refractivity contribution in [2.24, 2.45) is 0 Å². The van der Waals surface area contributed by atoms with E-state index in [-0.39, 0.29) is 11.5 Å². The summed E-state index contributed by atoms with van der Waals surface area (Å²) in [7, 11) is 0. The number of carbonyl (C=O) groups excluding carboxylic acids is 1. The standard InChI is InChI=1S/C17H11Cl2FN4O/c18-13-5-2-6-14(19)15(13)24-17-21-8-10(9-22-17)16(25)23-12-4-1-3-11(20)7-12/h1-9H,(H,23,25)(H,21,22,24). The van der Waals surface area contributed by atoms with E-state index >= 15 is 0 Å². The summed E-state index contributed by atoms with van der Waals surface area (Å²) in [5.41, 5.74) is 1.04. The Balaban J connectivity index is 1.72.